The fourth-order valence-electron chi connectivity index (χ4n) is 2.59. The molecule has 1 aliphatic rings. The van der Waals surface area contributed by atoms with Gasteiger partial charge in [0.1, 0.15) is 16.5 Å². The van der Waals surface area contributed by atoms with Crippen molar-refractivity contribution >= 4 is 39.7 Å². The van der Waals surface area contributed by atoms with Crippen molar-refractivity contribution in [3.05, 3.63) is 40.0 Å². The smallest absolute Gasteiger partial charge is 0.223 e. The van der Waals surface area contributed by atoms with E-state index in [0.717, 1.165) is 17.2 Å². The molecule has 0 saturated heterocycles. The maximum absolute atomic E-state index is 12.7. The Morgan fingerprint density at radius 3 is 2.68 bits per heavy atom. The molecule has 130 valence electrons. The number of carbonyl (C=O) groups excluding carboxylic acids is 2. The molecule has 0 spiro atoms. The average Bonchev–Trinajstić information content (AvgIpc) is 2.97. The van der Waals surface area contributed by atoms with E-state index in [1.165, 1.54) is 6.92 Å². The van der Waals surface area contributed by atoms with E-state index in [1.807, 2.05) is 19.0 Å². The molecule has 1 aliphatic carbocycles. The van der Waals surface area contributed by atoms with E-state index in [0.29, 0.717) is 39.7 Å². The normalized spacial score (nSPS) is 15.6. The lowest BCUT2D eigenvalue weighted by atomic mass is 9.93. The molecule has 0 fully saturated rings. The van der Waals surface area contributed by atoms with Crippen LogP contribution in [0.15, 0.2) is 23.9 Å². The van der Waals surface area contributed by atoms with E-state index in [1.54, 1.807) is 18.3 Å². The van der Waals surface area contributed by atoms with E-state index in [9.17, 15) is 14.7 Å². The number of thiazole rings is 1. The number of carbonyl (C=O) groups is 2. The first kappa shape index (κ1) is 17.1. The summed E-state index contributed by atoms with van der Waals surface area (Å²) >= 11 is 1.13. The van der Waals surface area contributed by atoms with Crippen molar-refractivity contribution in [2.45, 2.75) is 19.8 Å². The van der Waals surface area contributed by atoms with Crippen LogP contribution in [0.3, 0.4) is 0 Å². The Hall–Kier alpha value is -2.74. The highest BCUT2D eigenvalue weighted by molar-refractivity contribution is 7.18. The van der Waals surface area contributed by atoms with Crippen molar-refractivity contribution in [2.75, 3.05) is 24.3 Å². The van der Waals surface area contributed by atoms with Gasteiger partial charge >= 0.3 is 0 Å². The number of pyridine rings is 1. The van der Waals surface area contributed by atoms with Crippen LogP contribution in [-0.2, 0) is 11.2 Å². The number of aliphatic hydroxyl groups excluding tert-OH is 1. The molecule has 3 rings (SSSR count). The van der Waals surface area contributed by atoms with Crippen LogP contribution >= 0.6 is 11.3 Å². The molecular weight excluding hydrogens is 340 g/mol. The maximum atomic E-state index is 12.7. The SMILES string of the molecule is CC(=O)Nc1nc2c(s1)C(=O)C(=C(O)c1ccc(N(C)C)nc1)CC2. The zero-order valence-corrected chi connectivity index (χ0v) is 15.0. The lowest BCUT2D eigenvalue weighted by Gasteiger charge is -2.15. The maximum Gasteiger partial charge on any atom is 0.223 e. The second-order valence-corrected chi connectivity index (χ2v) is 6.93. The first-order valence-electron chi connectivity index (χ1n) is 7.74. The fraction of sp³-hybridized carbons (Fsp3) is 0.294. The molecule has 0 bridgehead atoms. The van der Waals surface area contributed by atoms with E-state index >= 15 is 0 Å². The van der Waals surface area contributed by atoms with Gasteiger partial charge in [-0.25, -0.2) is 9.97 Å². The highest BCUT2D eigenvalue weighted by atomic mass is 32.1. The van der Waals surface area contributed by atoms with Crippen LogP contribution in [0.1, 0.15) is 34.3 Å². The van der Waals surface area contributed by atoms with E-state index in [-0.39, 0.29) is 17.4 Å². The van der Waals surface area contributed by atoms with Gasteiger partial charge in [-0.05, 0) is 25.0 Å². The number of ketones is 1. The minimum atomic E-state index is -0.246. The van der Waals surface area contributed by atoms with Crippen molar-refractivity contribution in [3.8, 4) is 0 Å². The third-order valence-electron chi connectivity index (χ3n) is 3.84. The summed E-state index contributed by atoms with van der Waals surface area (Å²) in [7, 11) is 3.76. The molecule has 25 heavy (non-hydrogen) atoms. The lowest BCUT2D eigenvalue weighted by Crippen LogP contribution is -2.14. The molecule has 0 radical (unpaired) electrons. The van der Waals surface area contributed by atoms with Gasteiger partial charge < -0.3 is 15.3 Å². The summed E-state index contributed by atoms with van der Waals surface area (Å²) < 4.78 is 0. The number of hydrogen-bond acceptors (Lipinski definition) is 7. The second kappa shape index (κ2) is 6.64. The molecule has 0 saturated carbocycles. The van der Waals surface area contributed by atoms with Gasteiger partial charge in [-0.2, -0.15) is 0 Å². The number of amides is 1. The van der Waals surface area contributed by atoms with E-state index < -0.39 is 0 Å². The van der Waals surface area contributed by atoms with Gasteiger partial charge in [-0.3, -0.25) is 9.59 Å². The number of fused-ring (bicyclic) bond motifs is 1. The number of rotatable bonds is 3. The molecule has 0 unspecified atom stereocenters. The second-order valence-electron chi connectivity index (χ2n) is 5.93. The minimum Gasteiger partial charge on any atom is -0.507 e. The van der Waals surface area contributed by atoms with Gasteiger partial charge in [0.25, 0.3) is 0 Å². The van der Waals surface area contributed by atoms with Crippen LogP contribution in [0.25, 0.3) is 5.76 Å². The minimum absolute atomic E-state index is 0.0528. The summed E-state index contributed by atoms with van der Waals surface area (Å²) in [6.07, 6.45) is 2.49. The van der Waals surface area contributed by atoms with Crippen LogP contribution in [-0.4, -0.2) is 40.9 Å². The number of aliphatic hydroxyl groups is 1. The monoisotopic (exact) mass is 358 g/mol. The number of nitrogens with zero attached hydrogens (tertiary/aromatic N) is 3. The number of aryl methyl sites for hydroxylation is 1. The third-order valence-corrected chi connectivity index (χ3v) is 4.85. The number of nitrogens with one attached hydrogen (secondary N) is 1. The van der Waals surface area contributed by atoms with Crippen LogP contribution in [0.4, 0.5) is 10.9 Å². The van der Waals surface area contributed by atoms with E-state index in [4.69, 9.17) is 0 Å². The molecule has 0 aromatic carbocycles. The Labute approximate surface area is 149 Å². The zero-order chi connectivity index (χ0) is 18.1. The largest absolute Gasteiger partial charge is 0.507 e. The molecule has 1 amide bonds. The molecule has 0 aliphatic heterocycles. The summed E-state index contributed by atoms with van der Waals surface area (Å²) in [6, 6.07) is 3.52. The predicted octanol–water partition coefficient (Wildman–Crippen LogP) is 2.66. The van der Waals surface area contributed by atoms with Gasteiger partial charge in [0.15, 0.2) is 5.13 Å². The van der Waals surface area contributed by atoms with E-state index in [2.05, 4.69) is 15.3 Å². The summed E-state index contributed by atoms with van der Waals surface area (Å²) in [5, 5.41) is 13.5. The first-order valence-corrected chi connectivity index (χ1v) is 8.56. The molecule has 2 N–H and O–H groups in total. The van der Waals surface area contributed by atoms with Crippen molar-refractivity contribution in [2.24, 2.45) is 0 Å². The Bertz CT molecular complexity index is 869. The van der Waals surface area contributed by atoms with Gasteiger partial charge in [-0.15, -0.1) is 0 Å². The molecular formula is C17H18N4O3S. The van der Waals surface area contributed by atoms with Crippen molar-refractivity contribution in [3.63, 3.8) is 0 Å². The summed E-state index contributed by atoms with van der Waals surface area (Å²) in [6.45, 7) is 1.39. The van der Waals surface area contributed by atoms with Gasteiger partial charge in [-0.1, -0.05) is 11.3 Å². The van der Waals surface area contributed by atoms with Crippen LogP contribution in [0.2, 0.25) is 0 Å². The third kappa shape index (κ3) is 3.39. The number of allylic oxidation sites excluding steroid dienone is 1. The summed E-state index contributed by atoms with van der Waals surface area (Å²) in [4.78, 5) is 34.7. The molecule has 0 atom stereocenters. The van der Waals surface area contributed by atoms with Crippen LogP contribution in [0, 0.1) is 0 Å². The van der Waals surface area contributed by atoms with Gasteiger partial charge in [0.05, 0.1) is 5.69 Å². The Morgan fingerprint density at radius 1 is 1.32 bits per heavy atom. The lowest BCUT2D eigenvalue weighted by molar-refractivity contribution is -0.114. The molecule has 2 aromatic rings. The molecule has 2 heterocycles. The number of aromatic nitrogens is 2. The topological polar surface area (TPSA) is 95.4 Å². The highest BCUT2D eigenvalue weighted by Crippen LogP contribution is 2.34. The number of Topliss-reactive ketones (excluding diaryl/α,β-unsaturated/α-hetero) is 1. The highest BCUT2D eigenvalue weighted by Gasteiger charge is 2.29. The summed E-state index contributed by atoms with van der Waals surface area (Å²) in [5.74, 6) is 0.234. The van der Waals surface area contributed by atoms with Gasteiger partial charge in [0, 0.05) is 38.4 Å². The van der Waals surface area contributed by atoms with Crippen molar-refractivity contribution in [1.29, 1.82) is 0 Å². The molecule has 8 heteroatoms. The van der Waals surface area contributed by atoms with Crippen LogP contribution in [0.5, 0.6) is 0 Å². The standard InChI is InChI=1S/C17H18N4O3S/c1-9(22)19-17-20-12-6-5-11(15(24)16(12)25-17)14(23)10-4-7-13(18-8-10)21(2)3/h4,7-8,23H,5-6H2,1-3H3,(H,19,20,22). The van der Waals surface area contributed by atoms with Crippen molar-refractivity contribution < 1.29 is 14.7 Å². The molecule has 2 aromatic heterocycles. The zero-order valence-electron chi connectivity index (χ0n) is 14.2. The van der Waals surface area contributed by atoms with Crippen molar-refractivity contribution in [1.82, 2.24) is 9.97 Å². The Kier molecular flexibility index (Phi) is 4.54. The molecule has 7 nitrogen and oxygen atoms in total. The predicted molar refractivity (Wildman–Crippen MR) is 97.2 cm³/mol. The average molecular weight is 358 g/mol. The quantitative estimate of drug-likeness (QED) is 0.647. The Balaban J connectivity index is 1.92. The van der Waals surface area contributed by atoms with Gasteiger partial charge in [0.2, 0.25) is 11.7 Å². The first-order chi connectivity index (χ1) is 11.9. The van der Waals surface area contributed by atoms with Crippen LogP contribution < -0.4 is 10.2 Å². The summed E-state index contributed by atoms with van der Waals surface area (Å²) in [5.41, 5.74) is 1.52. The fourth-order valence-corrected chi connectivity index (χ4v) is 3.61. The Morgan fingerprint density at radius 2 is 2.08 bits per heavy atom. The number of anilines is 2. The number of hydrogen-bond donors (Lipinski definition) is 2.